The van der Waals surface area contributed by atoms with E-state index in [1.54, 1.807) is 0 Å². The lowest BCUT2D eigenvalue weighted by atomic mass is 9.79. The Kier molecular flexibility index (Phi) is 4.67. The van der Waals surface area contributed by atoms with Crippen LogP contribution in [0.25, 0.3) is 11.1 Å². The van der Waals surface area contributed by atoms with Gasteiger partial charge in [-0.05, 0) is 85.2 Å². The Labute approximate surface area is 220 Å². The minimum absolute atomic E-state index is 0.0211. The SMILES string of the molecule is CC1(C)c2ccccc2-c2cc3c(cc21)N(c1ccc(B2OC(C)(C)C(C)(C)O2)cc1)C1C=CC=CC31. The molecule has 0 radical (unpaired) electrons. The van der Waals surface area contributed by atoms with Crippen molar-refractivity contribution in [2.24, 2.45) is 0 Å². The van der Waals surface area contributed by atoms with Crippen molar-refractivity contribution in [2.75, 3.05) is 4.90 Å². The standard InChI is InChI=1S/C33H34BNO2/c1-31(2)27-13-9-7-11-23(27)25-19-26-24-12-8-10-14-29(24)35(30(26)20-28(25)31)22-17-15-21(16-18-22)34-36-32(3,4)33(5,6)37-34/h7-20,24,29H,1-6H3. The van der Waals surface area contributed by atoms with Crippen molar-refractivity contribution in [1.29, 1.82) is 0 Å². The zero-order chi connectivity index (χ0) is 25.7. The van der Waals surface area contributed by atoms with Crippen molar-refractivity contribution in [2.45, 2.75) is 70.1 Å². The van der Waals surface area contributed by atoms with Crippen molar-refractivity contribution in [1.82, 2.24) is 0 Å². The van der Waals surface area contributed by atoms with Crippen LogP contribution in [0.15, 0.2) is 85.0 Å². The molecule has 0 saturated carbocycles. The summed E-state index contributed by atoms with van der Waals surface area (Å²) >= 11 is 0. The third kappa shape index (κ3) is 3.15. The van der Waals surface area contributed by atoms with Gasteiger partial charge in [-0.2, -0.15) is 0 Å². The van der Waals surface area contributed by atoms with Crippen LogP contribution in [0.2, 0.25) is 0 Å². The normalized spacial score (nSPS) is 25.1. The number of hydrogen-bond donors (Lipinski definition) is 0. The average molecular weight is 487 g/mol. The molecule has 37 heavy (non-hydrogen) atoms. The van der Waals surface area contributed by atoms with Crippen LogP contribution in [0.3, 0.4) is 0 Å². The predicted octanol–water partition coefficient (Wildman–Crippen LogP) is 7.02. The van der Waals surface area contributed by atoms with Gasteiger partial charge in [0.05, 0.1) is 17.2 Å². The van der Waals surface area contributed by atoms with Gasteiger partial charge in [-0.1, -0.05) is 74.5 Å². The van der Waals surface area contributed by atoms with Gasteiger partial charge in [0, 0.05) is 22.7 Å². The second-order valence-corrected chi connectivity index (χ2v) is 12.5. The third-order valence-electron chi connectivity index (χ3n) is 9.45. The van der Waals surface area contributed by atoms with Gasteiger partial charge in [0.1, 0.15) is 0 Å². The molecular weight excluding hydrogens is 453 g/mol. The number of nitrogens with zero attached hydrogens (tertiary/aromatic N) is 1. The Balaban J connectivity index is 1.31. The average Bonchev–Trinajstić information content (AvgIpc) is 3.40. The van der Waals surface area contributed by atoms with Crippen LogP contribution in [0.1, 0.15) is 64.2 Å². The second-order valence-electron chi connectivity index (χ2n) is 12.5. The number of allylic oxidation sites excluding steroid dienone is 2. The van der Waals surface area contributed by atoms with Crippen molar-refractivity contribution in [3.8, 4) is 11.1 Å². The maximum absolute atomic E-state index is 6.31. The molecular formula is C33H34BNO2. The van der Waals surface area contributed by atoms with Gasteiger partial charge in [0.25, 0.3) is 0 Å². The lowest BCUT2D eigenvalue weighted by Gasteiger charge is -2.32. The first-order chi connectivity index (χ1) is 17.6. The Hall–Kier alpha value is -3.08. The highest BCUT2D eigenvalue weighted by Gasteiger charge is 2.51. The summed E-state index contributed by atoms with van der Waals surface area (Å²) in [4.78, 5) is 2.52. The van der Waals surface area contributed by atoms with E-state index in [-0.39, 0.29) is 29.8 Å². The van der Waals surface area contributed by atoms with Crippen molar-refractivity contribution >= 4 is 24.0 Å². The summed E-state index contributed by atoms with van der Waals surface area (Å²) in [6.07, 6.45) is 9.09. The van der Waals surface area contributed by atoms with Crippen LogP contribution < -0.4 is 10.4 Å². The summed E-state index contributed by atoms with van der Waals surface area (Å²) in [5.74, 6) is 0.337. The van der Waals surface area contributed by atoms with Gasteiger partial charge in [-0.15, -0.1) is 0 Å². The first kappa shape index (κ1) is 23.1. The highest BCUT2D eigenvalue weighted by molar-refractivity contribution is 6.62. The second kappa shape index (κ2) is 7.49. The Morgan fingerprint density at radius 2 is 1.41 bits per heavy atom. The van der Waals surface area contributed by atoms with Crippen LogP contribution in [0.5, 0.6) is 0 Å². The fourth-order valence-corrected chi connectivity index (χ4v) is 6.60. The first-order valence-electron chi connectivity index (χ1n) is 13.5. The maximum Gasteiger partial charge on any atom is 0.494 e. The van der Waals surface area contributed by atoms with Crippen LogP contribution in [-0.4, -0.2) is 24.4 Å². The summed E-state index contributed by atoms with van der Waals surface area (Å²) in [5, 5.41) is 0. The zero-order valence-corrected chi connectivity index (χ0v) is 22.6. The molecule has 3 nitrogen and oxygen atoms in total. The van der Waals surface area contributed by atoms with E-state index in [0.717, 1.165) is 5.46 Å². The molecule has 0 spiro atoms. The number of fused-ring (bicyclic) bond motifs is 6. The van der Waals surface area contributed by atoms with E-state index in [9.17, 15) is 0 Å². The van der Waals surface area contributed by atoms with Gasteiger partial charge < -0.3 is 14.2 Å². The summed E-state index contributed by atoms with van der Waals surface area (Å²) in [7, 11) is -0.349. The highest BCUT2D eigenvalue weighted by atomic mass is 16.7. The summed E-state index contributed by atoms with van der Waals surface area (Å²) in [5.41, 5.74) is 9.86. The van der Waals surface area contributed by atoms with Gasteiger partial charge in [0.15, 0.2) is 0 Å². The molecule has 2 atom stereocenters. The van der Waals surface area contributed by atoms with E-state index >= 15 is 0 Å². The Morgan fingerprint density at radius 1 is 0.730 bits per heavy atom. The lowest BCUT2D eigenvalue weighted by molar-refractivity contribution is 0.00578. The van der Waals surface area contributed by atoms with E-state index in [1.165, 1.54) is 39.2 Å². The number of benzene rings is 3. The molecule has 0 bridgehead atoms. The smallest absolute Gasteiger partial charge is 0.399 e. The molecule has 1 fully saturated rings. The van der Waals surface area contributed by atoms with Crippen LogP contribution in [0.4, 0.5) is 11.4 Å². The van der Waals surface area contributed by atoms with Crippen molar-refractivity contribution < 1.29 is 9.31 Å². The van der Waals surface area contributed by atoms with Crippen molar-refractivity contribution in [3.63, 3.8) is 0 Å². The molecule has 4 aliphatic rings. The topological polar surface area (TPSA) is 21.7 Å². The van der Waals surface area contributed by atoms with E-state index in [0.29, 0.717) is 5.92 Å². The molecule has 0 N–H and O–H groups in total. The molecule has 3 aromatic carbocycles. The summed E-state index contributed by atoms with van der Waals surface area (Å²) < 4.78 is 12.6. The van der Waals surface area contributed by atoms with E-state index in [1.807, 2.05) is 0 Å². The Bertz CT molecular complexity index is 1460. The summed E-state index contributed by atoms with van der Waals surface area (Å²) in [6.45, 7) is 13.1. The number of rotatable bonds is 2. The molecule has 7 rings (SSSR count). The van der Waals surface area contributed by atoms with Gasteiger partial charge in [-0.3, -0.25) is 0 Å². The van der Waals surface area contributed by atoms with E-state index < -0.39 is 0 Å². The lowest BCUT2D eigenvalue weighted by Crippen LogP contribution is -2.41. The van der Waals surface area contributed by atoms with Crippen LogP contribution in [-0.2, 0) is 14.7 Å². The minimum atomic E-state index is -0.349. The quantitative estimate of drug-likeness (QED) is 0.363. The molecule has 3 aromatic rings. The van der Waals surface area contributed by atoms with Crippen LogP contribution >= 0.6 is 0 Å². The molecule has 1 saturated heterocycles. The molecule has 0 aromatic heterocycles. The molecule has 0 amide bonds. The molecule has 2 aliphatic carbocycles. The fourth-order valence-electron chi connectivity index (χ4n) is 6.60. The van der Waals surface area contributed by atoms with Gasteiger partial charge >= 0.3 is 7.12 Å². The van der Waals surface area contributed by atoms with Crippen molar-refractivity contribution in [3.05, 3.63) is 102 Å². The predicted molar refractivity (Wildman–Crippen MR) is 153 cm³/mol. The monoisotopic (exact) mass is 487 g/mol. The number of hydrogen-bond acceptors (Lipinski definition) is 3. The van der Waals surface area contributed by atoms with Crippen LogP contribution in [0, 0.1) is 0 Å². The highest BCUT2D eigenvalue weighted by Crippen LogP contribution is 2.55. The molecule has 2 unspecified atom stereocenters. The largest absolute Gasteiger partial charge is 0.494 e. The zero-order valence-electron chi connectivity index (χ0n) is 22.6. The van der Waals surface area contributed by atoms with E-state index in [4.69, 9.17) is 9.31 Å². The van der Waals surface area contributed by atoms with Gasteiger partial charge in [0.2, 0.25) is 0 Å². The molecule has 2 heterocycles. The molecule has 2 aliphatic heterocycles. The minimum Gasteiger partial charge on any atom is -0.399 e. The molecule has 186 valence electrons. The summed E-state index contributed by atoms with van der Waals surface area (Å²) in [6, 6.07) is 22.9. The third-order valence-corrected chi connectivity index (χ3v) is 9.45. The Morgan fingerprint density at radius 3 is 2.14 bits per heavy atom. The fraction of sp³-hybridized carbons (Fsp3) is 0.333. The van der Waals surface area contributed by atoms with Gasteiger partial charge in [-0.25, -0.2) is 0 Å². The first-order valence-corrected chi connectivity index (χ1v) is 13.5. The van der Waals surface area contributed by atoms with E-state index in [2.05, 4.69) is 131 Å². The molecule has 4 heteroatoms. The number of anilines is 2. The maximum atomic E-state index is 6.31.